The number of carbonyl (C=O) groups excluding carboxylic acids is 4. The van der Waals surface area contributed by atoms with Gasteiger partial charge in [-0.3, -0.25) is 9.59 Å². The van der Waals surface area contributed by atoms with Crippen LogP contribution in [0.1, 0.15) is 54.4 Å². The molecule has 0 rings (SSSR count). The smallest absolute Gasteiger partial charge is 0.549 e. The molecule has 0 spiro atoms. The van der Waals surface area contributed by atoms with Crippen LogP contribution in [0.4, 0.5) is 0 Å². The monoisotopic (exact) mass is 486 g/mol. The van der Waals surface area contributed by atoms with E-state index in [1.807, 2.05) is 0 Å². The van der Waals surface area contributed by atoms with E-state index in [4.69, 9.17) is 10.2 Å². The molecule has 0 aromatic rings. The Kier molecular flexibility index (Phi) is 34.9. The summed E-state index contributed by atoms with van der Waals surface area (Å²) in [5, 5.41) is 36.9. The van der Waals surface area contributed by atoms with E-state index in [2.05, 4.69) is 9.47 Å². The average Bonchev–Trinajstić information content (AvgIpc) is 2.56. The number of ether oxygens (including phenoxy) is 2. The molecular formula is C20H38O10Ti. The zero-order valence-corrected chi connectivity index (χ0v) is 21.4. The van der Waals surface area contributed by atoms with Crippen LogP contribution in [0.5, 0.6) is 0 Å². The van der Waals surface area contributed by atoms with E-state index in [9.17, 15) is 29.4 Å². The van der Waals surface area contributed by atoms with Gasteiger partial charge in [0.2, 0.25) is 0 Å². The first-order valence-electron chi connectivity index (χ1n) is 9.49. The van der Waals surface area contributed by atoms with Crippen molar-refractivity contribution in [2.75, 3.05) is 27.4 Å². The van der Waals surface area contributed by atoms with Crippen molar-refractivity contribution < 1.29 is 70.8 Å². The fourth-order valence-electron chi connectivity index (χ4n) is 1.72. The minimum absolute atomic E-state index is 0. The van der Waals surface area contributed by atoms with Gasteiger partial charge in [0.15, 0.2) is 0 Å². The number of aliphatic hydroxyl groups is 2. The summed E-state index contributed by atoms with van der Waals surface area (Å²) in [5.41, 5.74) is 0. The van der Waals surface area contributed by atoms with Crippen LogP contribution in [0.25, 0.3) is 0 Å². The first kappa shape index (κ1) is 40.2. The van der Waals surface area contributed by atoms with Gasteiger partial charge in [0.05, 0.1) is 49.2 Å². The van der Waals surface area contributed by atoms with Crippen molar-refractivity contribution in [3.05, 3.63) is 0 Å². The van der Waals surface area contributed by atoms with Gasteiger partial charge in [-0.05, 0) is 40.5 Å². The molecule has 11 heteroatoms. The molecule has 0 aliphatic heterocycles. The van der Waals surface area contributed by atoms with Crippen LogP contribution >= 0.6 is 0 Å². The number of ketones is 2. The van der Waals surface area contributed by atoms with Crippen LogP contribution in [0.2, 0.25) is 0 Å². The number of Topliss-reactive ketones (excluding diaryl/α,β-unsaturated/α-hetero) is 2. The number of carboxylic acid groups (broad SMARTS) is 2. The van der Waals surface area contributed by atoms with Crippen molar-refractivity contribution in [2.45, 2.75) is 66.6 Å². The molecule has 4 atom stereocenters. The number of aliphatic hydroxyl groups excluding tert-OH is 2. The van der Waals surface area contributed by atoms with Crippen LogP contribution in [0.3, 0.4) is 0 Å². The molecule has 0 aliphatic rings. The Balaban J connectivity index is -0.0000000977. The van der Waals surface area contributed by atoms with Crippen molar-refractivity contribution in [3.63, 3.8) is 0 Å². The minimum atomic E-state index is -1.27. The summed E-state index contributed by atoms with van der Waals surface area (Å²) in [4.78, 5) is 40.9. The second-order valence-corrected chi connectivity index (χ2v) is 6.39. The van der Waals surface area contributed by atoms with E-state index >= 15 is 0 Å². The van der Waals surface area contributed by atoms with Gasteiger partial charge in [-0.15, -0.1) is 0 Å². The van der Waals surface area contributed by atoms with Crippen molar-refractivity contribution in [1.82, 2.24) is 0 Å². The summed E-state index contributed by atoms with van der Waals surface area (Å²) in [5.74, 6) is -5.04. The summed E-state index contributed by atoms with van der Waals surface area (Å²) in [6, 6.07) is 0. The van der Waals surface area contributed by atoms with Gasteiger partial charge in [0, 0.05) is 14.2 Å². The maximum Gasteiger partial charge on any atom is 2.00 e. The molecule has 0 bridgehead atoms. The Morgan fingerprint density at radius 1 is 0.742 bits per heavy atom. The molecule has 0 heterocycles. The molecule has 0 saturated heterocycles. The fraction of sp³-hybridized carbons (Fsp3) is 0.800. The van der Waals surface area contributed by atoms with Crippen LogP contribution in [-0.4, -0.2) is 73.4 Å². The molecule has 0 saturated carbocycles. The van der Waals surface area contributed by atoms with E-state index < -0.39 is 23.8 Å². The van der Waals surface area contributed by atoms with Crippen molar-refractivity contribution in [2.24, 2.45) is 11.8 Å². The van der Waals surface area contributed by atoms with Crippen molar-refractivity contribution in [1.29, 1.82) is 0 Å². The van der Waals surface area contributed by atoms with Gasteiger partial charge in [0.25, 0.3) is 0 Å². The predicted octanol–water partition coefficient (Wildman–Crippen LogP) is -1.27. The molecule has 0 aliphatic carbocycles. The zero-order chi connectivity index (χ0) is 24.9. The summed E-state index contributed by atoms with van der Waals surface area (Å²) in [6.45, 7) is 10.0. The summed E-state index contributed by atoms with van der Waals surface area (Å²) in [7, 11) is 3.12. The third-order valence-corrected chi connectivity index (χ3v) is 3.18. The van der Waals surface area contributed by atoms with E-state index in [0.29, 0.717) is 26.1 Å². The number of rotatable bonds is 10. The van der Waals surface area contributed by atoms with Crippen LogP contribution in [-0.2, 0) is 50.4 Å². The fourth-order valence-corrected chi connectivity index (χ4v) is 1.72. The second kappa shape index (κ2) is 26.9. The number of aliphatic carboxylic acids is 2. The van der Waals surface area contributed by atoms with Crippen molar-refractivity contribution >= 4 is 23.5 Å². The summed E-state index contributed by atoms with van der Waals surface area (Å²) >= 11 is 0. The largest absolute Gasteiger partial charge is 2.00 e. The molecule has 0 aromatic carbocycles. The SMILES string of the molecule is CCC(C(C)=O)C(=O)[O-].CCC(C(C)=O)C(=O)[O-].COCC(C)O.COCC(C)O.[Ti+2]. The Labute approximate surface area is 200 Å². The first-order valence-corrected chi connectivity index (χ1v) is 9.49. The maximum atomic E-state index is 10.4. The third kappa shape index (κ3) is 33.7. The van der Waals surface area contributed by atoms with Gasteiger partial charge in [-0.1, -0.05) is 13.8 Å². The predicted molar refractivity (Wildman–Crippen MR) is 106 cm³/mol. The van der Waals surface area contributed by atoms with Gasteiger partial charge in [-0.25, -0.2) is 0 Å². The first-order chi connectivity index (χ1) is 13.7. The Morgan fingerprint density at radius 2 is 0.968 bits per heavy atom. The molecule has 4 unspecified atom stereocenters. The number of hydrogen-bond acceptors (Lipinski definition) is 10. The molecular weight excluding hydrogens is 448 g/mol. The molecule has 0 fully saturated rings. The van der Waals surface area contributed by atoms with Gasteiger partial charge >= 0.3 is 21.7 Å². The number of carboxylic acids is 2. The standard InChI is InChI=1S/2C6H10O3.2C4H10O2.Ti/c2*1-3-5(4(2)7)6(8)9;2*1-4(5)3-6-2;/h2*5H,3H2,1-2H3,(H,8,9);2*4-5H,3H2,1-2H3;/q;;;;+2/p-2. The van der Waals surface area contributed by atoms with E-state index in [1.165, 1.54) is 13.8 Å². The summed E-state index contributed by atoms with van der Waals surface area (Å²) in [6.07, 6.45) is -0.0139. The minimum Gasteiger partial charge on any atom is -0.549 e. The maximum absolute atomic E-state index is 10.4. The Bertz CT molecular complexity index is 397. The number of methoxy groups -OCH3 is 2. The third-order valence-electron chi connectivity index (χ3n) is 3.18. The van der Waals surface area contributed by atoms with Crippen molar-refractivity contribution in [3.8, 4) is 0 Å². The second-order valence-electron chi connectivity index (χ2n) is 6.39. The molecule has 0 amide bonds. The number of hydrogen-bond donors (Lipinski definition) is 2. The Morgan fingerprint density at radius 3 is 0.968 bits per heavy atom. The van der Waals surface area contributed by atoms with Gasteiger partial charge < -0.3 is 39.5 Å². The Hall–Kier alpha value is -1.17. The van der Waals surface area contributed by atoms with E-state index in [0.717, 1.165) is 0 Å². The molecule has 182 valence electrons. The normalized spacial score (nSPS) is 13.0. The summed E-state index contributed by atoms with van der Waals surface area (Å²) < 4.78 is 9.11. The molecule has 2 N–H and O–H groups in total. The van der Waals surface area contributed by atoms with Gasteiger partial charge in [-0.2, -0.15) is 0 Å². The average molecular weight is 486 g/mol. The quantitative estimate of drug-likeness (QED) is 0.280. The zero-order valence-electron chi connectivity index (χ0n) is 19.8. The van der Waals surface area contributed by atoms with Crippen LogP contribution in [0.15, 0.2) is 0 Å². The molecule has 10 nitrogen and oxygen atoms in total. The molecule has 0 radical (unpaired) electrons. The molecule has 0 aromatic heterocycles. The number of carbonyl (C=O) groups is 4. The van der Waals surface area contributed by atoms with Crippen LogP contribution < -0.4 is 10.2 Å². The van der Waals surface area contributed by atoms with Crippen LogP contribution in [0, 0.1) is 11.8 Å². The van der Waals surface area contributed by atoms with E-state index in [1.54, 1.807) is 41.9 Å². The van der Waals surface area contributed by atoms with E-state index in [-0.39, 0.29) is 45.5 Å². The van der Waals surface area contributed by atoms with Gasteiger partial charge in [0.1, 0.15) is 11.6 Å². The molecule has 31 heavy (non-hydrogen) atoms. The topological polar surface area (TPSA) is 173 Å².